The zero-order valence-electron chi connectivity index (χ0n) is 15.4. The number of benzene rings is 3. The molecule has 9 nitrogen and oxygen atoms in total. The largest absolute Gasteiger partial charge is 0.508 e. The van der Waals surface area contributed by atoms with Crippen LogP contribution in [0.15, 0.2) is 72.8 Å². The van der Waals surface area contributed by atoms with E-state index in [1.54, 1.807) is 36.4 Å². The highest BCUT2D eigenvalue weighted by Gasteiger charge is 2.17. The third-order valence-corrected chi connectivity index (χ3v) is 4.56. The van der Waals surface area contributed by atoms with Gasteiger partial charge in [-0.25, -0.2) is 4.98 Å². The first-order valence-electron chi connectivity index (χ1n) is 8.81. The fraction of sp³-hybridized carbons (Fsp3) is 0. The van der Waals surface area contributed by atoms with Gasteiger partial charge in [-0.15, -0.1) is 0 Å². The number of imidazole rings is 1. The van der Waals surface area contributed by atoms with Crippen LogP contribution in [-0.2, 0) is 0 Å². The standard InChI is InChI=1S/C21H14N4O5/c26-18-11-5-15(6-12-18)21-22-19(13-1-7-16(8-2-13)24(27)28)20(23-21)14-3-9-17(10-4-14)25(29)30/h1-12,26H,(H,22,23). The Hall–Kier alpha value is -4.53. The van der Waals surface area contributed by atoms with E-state index in [-0.39, 0.29) is 17.1 Å². The highest BCUT2D eigenvalue weighted by molar-refractivity contribution is 5.82. The van der Waals surface area contributed by atoms with Crippen molar-refractivity contribution in [1.29, 1.82) is 0 Å². The van der Waals surface area contributed by atoms with Gasteiger partial charge in [0.05, 0.1) is 21.2 Å². The Morgan fingerprint density at radius 3 is 1.67 bits per heavy atom. The monoisotopic (exact) mass is 402 g/mol. The fourth-order valence-electron chi connectivity index (χ4n) is 3.04. The molecule has 3 aromatic carbocycles. The van der Waals surface area contributed by atoms with E-state index in [1.165, 1.54) is 36.4 Å². The van der Waals surface area contributed by atoms with Gasteiger partial charge in [0.25, 0.3) is 11.4 Å². The van der Waals surface area contributed by atoms with Crippen LogP contribution in [0.2, 0.25) is 0 Å². The van der Waals surface area contributed by atoms with Crippen LogP contribution in [0.5, 0.6) is 5.75 Å². The molecule has 0 radical (unpaired) electrons. The molecule has 0 saturated carbocycles. The van der Waals surface area contributed by atoms with Crippen LogP contribution in [0.25, 0.3) is 33.9 Å². The maximum Gasteiger partial charge on any atom is 0.269 e. The van der Waals surface area contributed by atoms with E-state index in [1.807, 2.05) is 0 Å². The van der Waals surface area contributed by atoms with E-state index in [0.29, 0.717) is 28.3 Å². The minimum atomic E-state index is -0.479. The summed E-state index contributed by atoms with van der Waals surface area (Å²) < 4.78 is 0. The van der Waals surface area contributed by atoms with Gasteiger partial charge in [0.2, 0.25) is 0 Å². The molecule has 0 aliphatic rings. The van der Waals surface area contributed by atoms with Crippen molar-refractivity contribution in [3.05, 3.63) is 93.0 Å². The molecule has 0 aliphatic heterocycles. The Morgan fingerprint density at radius 1 is 0.700 bits per heavy atom. The number of aromatic amines is 1. The van der Waals surface area contributed by atoms with E-state index in [4.69, 9.17) is 0 Å². The number of aromatic hydroxyl groups is 1. The number of phenols is 1. The maximum absolute atomic E-state index is 11.0. The summed E-state index contributed by atoms with van der Waals surface area (Å²) >= 11 is 0. The SMILES string of the molecule is O=[N+]([O-])c1ccc(-c2nc(-c3ccc(O)cc3)[nH]c2-c2ccc([N+](=O)[O-])cc2)cc1. The van der Waals surface area contributed by atoms with Crippen molar-refractivity contribution in [2.45, 2.75) is 0 Å². The molecule has 0 atom stereocenters. The summed E-state index contributed by atoms with van der Waals surface area (Å²) in [5.74, 6) is 0.646. The second-order valence-electron chi connectivity index (χ2n) is 6.46. The number of non-ortho nitro benzene ring substituents is 2. The van der Waals surface area contributed by atoms with Crippen LogP contribution in [-0.4, -0.2) is 24.9 Å². The Bertz CT molecular complexity index is 1160. The molecule has 9 heteroatoms. The van der Waals surface area contributed by atoms with Gasteiger partial charge in [-0.3, -0.25) is 20.2 Å². The molecule has 1 heterocycles. The smallest absolute Gasteiger partial charge is 0.269 e. The molecular weight excluding hydrogens is 388 g/mol. The lowest BCUT2D eigenvalue weighted by molar-refractivity contribution is -0.385. The third-order valence-electron chi connectivity index (χ3n) is 4.56. The number of nitro benzene ring substituents is 2. The van der Waals surface area contributed by atoms with E-state index in [2.05, 4.69) is 9.97 Å². The molecule has 0 spiro atoms. The highest BCUT2D eigenvalue weighted by atomic mass is 16.6. The normalized spacial score (nSPS) is 10.7. The summed E-state index contributed by atoms with van der Waals surface area (Å²) in [5.41, 5.74) is 3.13. The highest BCUT2D eigenvalue weighted by Crippen LogP contribution is 2.34. The van der Waals surface area contributed by atoms with Gasteiger partial charge in [0, 0.05) is 41.0 Å². The van der Waals surface area contributed by atoms with Crippen LogP contribution >= 0.6 is 0 Å². The van der Waals surface area contributed by atoms with Gasteiger partial charge in [-0.05, 0) is 48.5 Å². The Morgan fingerprint density at radius 2 is 1.17 bits per heavy atom. The van der Waals surface area contributed by atoms with E-state index < -0.39 is 9.85 Å². The topological polar surface area (TPSA) is 135 Å². The number of phenolic OH excluding ortho intramolecular Hbond substituents is 1. The minimum Gasteiger partial charge on any atom is -0.508 e. The fourth-order valence-corrected chi connectivity index (χ4v) is 3.04. The first-order chi connectivity index (χ1) is 14.4. The summed E-state index contributed by atoms with van der Waals surface area (Å²) in [5, 5.41) is 31.4. The third kappa shape index (κ3) is 3.59. The second-order valence-corrected chi connectivity index (χ2v) is 6.46. The molecule has 2 N–H and O–H groups in total. The molecule has 0 unspecified atom stereocenters. The molecule has 148 valence electrons. The van der Waals surface area contributed by atoms with E-state index >= 15 is 0 Å². The van der Waals surface area contributed by atoms with Crippen LogP contribution in [0, 0.1) is 20.2 Å². The van der Waals surface area contributed by atoms with Crippen LogP contribution in [0.1, 0.15) is 0 Å². The molecule has 0 bridgehead atoms. The summed E-state index contributed by atoms with van der Waals surface area (Å²) in [6.07, 6.45) is 0. The molecule has 0 saturated heterocycles. The molecule has 30 heavy (non-hydrogen) atoms. The number of nitrogens with one attached hydrogen (secondary N) is 1. The van der Waals surface area contributed by atoms with Gasteiger partial charge in [0.15, 0.2) is 0 Å². The van der Waals surface area contributed by atoms with Crippen molar-refractivity contribution in [2.24, 2.45) is 0 Å². The summed E-state index contributed by atoms with van der Waals surface area (Å²) in [6.45, 7) is 0. The second kappa shape index (κ2) is 7.47. The minimum absolute atomic E-state index is 0.0334. The van der Waals surface area contributed by atoms with Gasteiger partial charge in [-0.1, -0.05) is 0 Å². The molecule has 0 amide bonds. The van der Waals surface area contributed by atoms with E-state index in [9.17, 15) is 25.3 Å². The van der Waals surface area contributed by atoms with Crippen LogP contribution in [0.3, 0.4) is 0 Å². The van der Waals surface area contributed by atoms with Crippen LogP contribution < -0.4 is 0 Å². The van der Waals surface area contributed by atoms with Crippen LogP contribution in [0.4, 0.5) is 11.4 Å². The summed E-state index contributed by atoms with van der Waals surface area (Å²) in [4.78, 5) is 28.8. The number of aromatic nitrogens is 2. The number of nitro groups is 2. The molecule has 0 fully saturated rings. The average molecular weight is 402 g/mol. The number of hydrogen-bond donors (Lipinski definition) is 2. The lowest BCUT2D eigenvalue weighted by Crippen LogP contribution is -1.89. The quantitative estimate of drug-likeness (QED) is 0.359. The van der Waals surface area contributed by atoms with Crippen molar-refractivity contribution in [1.82, 2.24) is 9.97 Å². The van der Waals surface area contributed by atoms with Crippen molar-refractivity contribution in [3.63, 3.8) is 0 Å². The zero-order chi connectivity index (χ0) is 21.3. The lowest BCUT2D eigenvalue weighted by Gasteiger charge is -2.03. The van der Waals surface area contributed by atoms with Gasteiger partial charge in [-0.2, -0.15) is 0 Å². The number of hydrogen-bond acceptors (Lipinski definition) is 6. The zero-order valence-corrected chi connectivity index (χ0v) is 15.4. The van der Waals surface area contributed by atoms with Gasteiger partial charge >= 0.3 is 0 Å². The van der Waals surface area contributed by atoms with Crippen molar-refractivity contribution in [2.75, 3.05) is 0 Å². The maximum atomic E-state index is 11.0. The summed E-state index contributed by atoms with van der Waals surface area (Å²) in [6, 6.07) is 18.5. The number of nitrogens with zero attached hydrogens (tertiary/aromatic N) is 3. The number of H-pyrrole nitrogens is 1. The number of rotatable bonds is 5. The van der Waals surface area contributed by atoms with Crippen molar-refractivity contribution < 1.29 is 15.0 Å². The Kier molecular flexibility index (Phi) is 4.69. The molecule has 4 rings (SSSR count). The van der Waals surface area contributed by atoms with Crippen molar-refractivity contribution in [3.8, 4) is 39.7 Å². The summed E-state index contributed by atoms with van der Waals surface area (Å²) in [7, 11) is 0. The Balaban J connectivity index is 1.84. The molecular formula is C21H14N4O5. The predicted octanol–water partition coefficient (Wildman–Crippen LogP) is 4.93. The molecule has 4 aromatic rings. The first kappa shape index (κ1) is 18.8. The van der Waals surface area contributed by atoms with Gasteiger partial charge < -0.3 is 10.1 Å². The average Bonchev–Trinajstić information content (AvgIpc) is 3.20. The molecule has 1 aromatic heterocycles. The van der Waals surface area contributed by atoms with Crippen molar-refractivity contribution >= 4 is 11.4 Å². The first-order valence-corrected chi connectivity index (χ1v) is 8.81. The van der Waals surface area contributed by atoms with E-state index in [0.717, 1.165) is 5.56 Å². The molecule has 0 aliphatic carbocycles. The predicted molar refractivity (Wildman–Crippen MR) is 110 cm³/mol. The van der Waals surface area contributed by atoms with Gasteiger partial charge in [0.1, 0.15) is 11.6 Å². The Labute approximate surface area is 169 Å². The lowest BCUT2D eigenvalue weighted by atomic mass is 10.0.